The van der Waals surface area contributed by atoms with E-state index in [4.69, 9.17) is 15.2 Å². The van der Waals surface area contributed by atoms with E-state index < -0.39 is 0 Å². The van der Waals surface area contributed by atoms with Crippen LogP contribution in [-0.2, 0) is 11.3 Å². The van der Waals surface area contributed by atoms with Crippen molar-refractivity contribution in [3.05, 3.63) is 28.8 Å². The van der Waals surface area contributed by atoms with Gasteiger partial charge in [-0.15, -0.1) is 0 Å². The van der Waals surface area contributed by atoms with E-state index in [0.29, 0.717) is 18.8 Å². The van der Waals surface area contributed by atoms with Gasteiger partial charge in [0.25, 0.3) is 0 Å². The molecule has 72 valence electrons. The third kappa shape index (κ3) is 0.886. The van der Waals surface area contributed by atoms with Crippen LogP contribution < -0.4 is 10.5 Å². The lowest BCUT2D eigenvalue weighted by Crippen LogP contribution is -2.10. The molecule has 2 N–H and O–H groups in total. The molecule has 2 heterocycles. The molecule has 0 saturated heterocycles. The number of carbonyl (C=O) groups excluding carboxylic acids is 1. The summed E-state index contributed by atoms with van der Waals surface area (Å²) in [6.45, 7) is 0.849. The molecule has 3 rings (SSSR count). The number of ether oxygens (including phenoxy) is 2. The van der Waals surface area contributed by atoms with E-state index in [1.54, 1.807) is 6.07 Å². The van der Waals surface area contributed by atoms with Crippen molar-refractivity contribution in [2.24, 2.45) is 5.73 Å². The topological polar surface area (TPSA) is 61.6 Å². The van der Waals surface area contributed by atoms with Crippen LogP contribution in [-0.4, -0.2) is 12.6 Å². The number of hydrogen-bond acceptors (Lipinski definition) is 4. The van der Waals surface area contributed by atoms with Gasteiger partial charge in [0.2, 0.25) is 0 Å². The Balaban J connectivity index is 2.20. The van der Waals surface area contributed by atoms with Gasteiger partial charge < -0.3 is 15.2 Å². The van der Waals surface area contributed by atoms with E-state index in [1.165, 1.54) is 0 Å². The molecule has 0 saturated carbocycles. The van der Waals surface area contributed by atoms with Crippen molar-refractivity contribution in [3.8, 4) is 5.75 Å². The fourth-order valence-electron chi connectivity index (χ4n) is 1.86. The van der Waals surface area contributed by atoms with Crippen molar-refractivity contribution < 1.29 is 14.3 Å². The van der Waals surface area contributed by atoms with Crippen molar-refractivity contribution in [2.45, 2.75) is 12.6 Å². The van der Waals surface area contributed by atoms with Crippen LogP contribution in [0.1, 0.15) is 27.5 Å². The predicted octanol–water partition coefficient (Wildman–Crippen LogP) is 0.749. The molecule has 0 aliphatic carbocycles. The summed E-state index contributed by atoms with van der Waals surface area (Å²) in [7, 11) is 0. The highest BCUT2D eigenvalue weighted by Crippen LogP contribution is 2.35. The van der Waals surface area contributed by atoms with E-state index in [2.05, 4.69) is 0 Å². The second-order valence-electron chi connectivity index (χ2n) is 3.54. The molecule has 1 aromatic rings. The molecule has 0 aromatic heterocycles. The van der Waals surface area contributed by atoms with Gasteiger partial charge in [0.1, 0.15) is 19.0 Å². The number of cyclic esters (lactones) is 1. The summed E-state index contributed by atoms with van der Waals surface area (Å²) in [5.74, 6) is 0.446. The Labute approximate surface area is 80.6 Å². The number of esters is 1. The Kier molecular flexibility index (Phi) is 1.39. The average Bonchev–Trinajstić information content (AvgIpc) is 2.71. The lowest BCUT2D eigenvalue weighted by Gasteiger charge is -2.02. The zero-order valence-electron chi connectivity index (χ0n) is 7.45. The zero-order chi connectivity index (χ0) is 9.71. The Bertz CT molecular complexity index is 428. The van der Waals surface area contributed by atoms with Crippen molar-refractivity contribution in [3.63, 3.8) is 0 Å². The summed E-state index contributed by atoms with van der Waals surface area (Å²) in [5, 5.41) is 0. The molecular formula is C10H9NO3. The lowest BCUT2D eigenvalue weighted by molar-refractivity contribution is 0.0535. The summed E-state index contributed by atoms with van der Waals surface area (Å²) in [5.41, 5.74) is 8.32. The fraction of sp³-hybridized carbons (Fsp3) is 0.300. The number of hydrogen-bond donors (Lipinski definition) is 1. The van der Waals surface area contributed by atoms with E-state index >= 15 is 0 Å². The maximum Gasteiger partial charge on any atom is 0.339 e. The van der Waals surface area contributed by atoms with Gasteiger partial charge in [-0.3, -0.25) is 0 Å². The SMILES string of the molecule is N[C@H]1COc2cc3c(cc21)COC3=O. The third-order valence-corrected chi connectivity index (χ3v) is 2.63. The monoisotopic (exact) mass is 191 g/mol. The Morgan fingerprint density at radius 2 is 2.21 bits per heavy atom. The van der Waals surface area contributed by atoms with Crippen molar-refractivity contribution in [1.29, 1.82) is 0 Å². The second-order valence-corrected chi connectivity index (χ2v) is 3.54. The number of carbonyl (C=O) groups is 1. The molecule has 0 radical (unpaired) electrons. The van der Waals surface area contributed by atoms with Crippen molar-refractivity contribution in [2.75, 3.05) is 6.61 Å². The molecule has 0 spiro atoms. The molecule has 2 aliphatic heterocycles. The van der Waals surface area contributed by atoms with Gasteiger partial charge >= 0.3 is 5.97 Å². The molecule has 1 atom stereocenters. The largest absolute Gasteiger partial charge is 0.491 e. The first-order chi connectivity index (χ1) is 6.75. The standard InChI is InChI=1S/C10H9NO3/c11-8-4-13-9-2-6-5(1-7(8)9)3-14-10(6)12/h1-2,8H,3-4,11H2/t8-/m0/s1. The van der Waals surface area contributed by atoms with Crippen LogP contribution in [0.25, 0.3) is 0 Å². The van der Waals surface area contributed by atoms with Crippen LogP contribution in [0, 0.1) is 0 Å². The van der Waals surface area contributed by atoms with E-state index in [0.717, 1.165) is 16.9 Å². The van der Waals surface area contributed by atoms with Gasteiger partial charge in [0, 0.05) is 11.1 Å². The van der Waals surface area contributed by atoms with Crippen molar-refractivity contribution >= 4 is 5.97 Å². The minimum atomic E-state index is -0.271. The molecular weight excluding hydrogens is 182 g/mol. The normalized spacial score (nSPS) is 22.6. The third-order valence-electron chi connectivity index (χ3n) is 2.63. The van der Waals surface area contributed by atoms with Crippen LogP contribution in [0.4, 0.5) is 0 Å². The van der Waals surface area contributed by atoms with Gasteiger partial charge in [-0.25, -0.2) is 4.79 Å². The van der Waals surface area contributed by atoms with E-state index in [9.17, 15) is 4.79 Å². The van der Waals surface area contributed by atoms with Crippen LogP contribution in [0.2, 0.25) is 0 Å². The quantitative estimate of drug-likeness (QED) is 0.614. The maximum absolute atomic E-state index is 11.2. The van der Waals surface area contributed by atoms with Gasteiger partial charge in [-0.05, 0) is 12.1 Å². The number of rotatable bonds is 0. The molecule has 0 amide bonds. The number of benzene rings is 1. The fourth-order valence-corrected chi connectivity index (χ4v) is 1.86. The lowest BCUT2D eigenvalue weighted by atomic mass is 10.0. The molecule has 2 aliphatic rings. The Morgan fingerprint density at radius 1 is 1.36 bits per heavy atom. The van der Waals surface area contributed by atoms with Crippen LogP contribution in [0.15, 0.2) is 12.1 Å². The number of fused-ring (bicyclic) bond motifs is 2. The van der Waals surface area contributed by atoms with Crippen LogP contribution in [0.3, 0.4) is 0 Å². The summed E-state index contributed by atoms with van der Waals surface area (Å²) in [6.07, 6.45) is 0. The van der Waals surface area contributed by atoms with E-state index in [1.807, 2.05) is 6.07 Å². The molecule has 1 aromatic carbocycles. The highest BCUT2D eigenvalue weighted by Gasteiger charge is 2.28. The first kappa shape index (κ1) is 7.82. The Hall–Kier alpha value is -1.55. The van der Waals surface area contributed by atoms with Gasteiger partial charge in [0.15, 0.2) is 0 Å². The van der Waals surface area contributed by atoms with Gasteiger partial charge in [-0.1, -0.05) is 0 Å². The van der Waals surface area contributed by atoms with Gasteiger partial charge in [-0.2, -0.15) is 0 Å². The zero-order valence-corrected chi connectivity index (χ0v) is 7.45. The molecule has 0 fully saturated rings. The molecule has 4 heteroatoms. The highest BCUT2D eigenvalue weighted by molar-refractivity contribution is 5.94. The van der Waals surface area contributed by atoms with Crippen LogP contribution in [0.5, 0.6) is 5.75 Å². The van der Waals surface area contributed by atoms with Crippen molar-refractivity contribution in [1.82, 2.24) is 0 Å². The molecule has 0 unspecified atom stereocenters. The summed E-state index contributed by atoms with van der Waals surface area (Å²) in [6, 6.07) is 3.56. The molecule has 0 bridgehead atoms. The Morgan fingerprint density at radius 3 is 3.07 bits per heavy atom. The first-order valence-corrected chi connectivity index (χ1v) is 4.48. The average molecular weight is 191 g/mol. The molecule has 14 heavy (non-hydrogen) atoms. The summed E-state index contributed by atoms with van der Waals surface area (Å²) >= 11 is 0. The number of nitrogens with two attached hydrogens (primary N) is 1. The van der Waals surface area contributed by atoms with Gasteiger partial charge in [0.05, 0.1) is 11.6 Å². The van der Waals surface area contributed by atoms with Crippen LogP contribution >= 0.6 is 0 Å². The highest BCUT2D eigenvalue weighted by atomic mass is 16.5. The summed E-state index contributed by atoms with van der Waals surface area (Å²) in [4.78, 5) is 11.2. The second kappa shape index (κ2) is 2.48. The van der Waals surface area contributed by atoms with E-state index in [-0.39, 0.29) is 12.0 Å². The summed E-state index contributed by atoms with van der Waals surface area (Å²) < 4.78 is 10.3. The first-order valence-electron chi connectivity index (χ1n) is 4.48. The smallest absolute Gasteiger partial charge is 0.339 e. The predicted molar refractivity (Wildman–Crippen MR) is 48.0 cm³/mol. The minimum Gasteiger partial charge on any atom is -0.491 e. The minimum absolute atomic E-state index is 0.0778. The molecule has 4 nitrogen and oxygen atoms in total. The maximum atomic E-state index is 11.2.